The number of aryl methyl sites for hydroxylation is 1. The molecule has 0 radical (unpaired) electrons. The maximum Gasteiger partial charge on any atom is 0.308 e. The van der Waals surface area contributed by atoms with Gasteiger partial charge in [-0.3, -0.25) is 4.79 Å². The van der Waals surface area contributed by atoms with Crippen LogP contribution in [-0.4, -0.2) is 13.1 Å². The Labute approximate surface area is 180 Å². The first-order chi connectivity index (χ1) is 14.2. The fourth-order valence-electron chi connectivity index (χ4n) is 3.56. The molecule has 1 aromatic carbocycles. The number of benzene rings is 1. The zero-order valence-electron chi connectivity index (χ0n) is 18.0. The van der Waals surface area contributed by atoms with Crippen molar-refractivity contribution in [1.82, 2.24) is 0 Å². The van der Waals surface area contributed by atoms with E-state index < -0.39 is 0 Å². The molecule has 1 heterocycles. The smallest absolute Gasteiger partial charge is 0.308 e. The van der Waals surface area contributed by atoms with Crippen molar-refractivity contribution in [3.63, 3.8) is 0 Å². The van der Waals surface area contributed by atoms with Crippen LogP contribution in [0.3, 0.4) is 0 Å². The Bertz CT molecular complexity index is 664. The third-order valence-corrected chi connectivity index (χ3v) is 6.19. The lowest BCUT2D eigenvalue weighted by Gasteiger charge is -2.14. The van der Waals surface area contributed by atoms with Crippen LogP contribution in [0, 0.1) is 5.92 Å². The molecule has 1 aromatic heterocycles. The molecule has 160 valence electrons. The predicted octanol–water partition coefficient (Wildman–Crippen LogP) is 7.19. The second-order valence-corrected chi connectivity index (χ2v) is 8.71. The Morgan fingerprint density at radius 3 is 2.31 bits per heavy atom. The Hall–Kier alpha value is -1.81. The van der Waals surface area contributed by atoms with Crippen LogP contribution in [0.4, 0.5) is 0 Å². The summed E-state index contributed by atoms with van der Waals surface area (Å²) in [5, 5.41) is 2.07. The average Bonchev–Trinajstić information content (AvgIpc) is 3.27. The van der Waals surface area contributed by atoms with E-state index in [-0.39, 0.29) is 11.9 Å². The second kappa shape index (κ2) is 14.2. The maximum atomic E-state index is 12.0. The number of thiophene rings is 1. The molecule has 0 N–H and O–H groups in total. The van der Waals surface area contributed by atoms with E-state index >= 15 is 0 Å². The summed E-state index contributed by atoms with van der Waals surface area (Å²) in [6.45, 7) is 2.85. The molecule has 1 atom stereocenters. The van der Waals surface area contributed by atoms with Crippen LogP contribution in [0.1, 0.15) is 75.2 Å². The van der Waals surface area contributed by atoms with Gasteiger partial charge in [0, 0.05) is 4.88 Å². The lowest BCUT2D eigenvalue weighted by molar-refractivity contribution is -0.146. The number of unbranched alkanes of at least 4 members (excludes halogenated alkanes) is 5. The number of carbonyl (C=O) groups excluding carboxylic acids is 1. The van der Waals surface area contributed by atoms with E-state index in [1.807, 2.05) is 6.07 Å². The molecular formula is C25H36O3S. The molecule has 0 aliphatic heterocycles. The summed E-state index contributed by atoms with van der Waals surface area (Å²) in [7, 11) is 1.51. The summed E-state index contributed by atoms with van der Waals surface area (Å²) < 4.78 is 10.8. The van der Waals surface area contributed by atoms with Crippen molar-refractivity contribution >= 4 is 17.3 Å². The second-order valence-electron chi connectivity index (χ2n) is 7.68. The van der Waals surface area contributed by atoms with Crippen molar-refractivity contribution in [3.8, 4) is 5.75 Å². The van der Waals surface area contributed by atoms with Gasteiger partial charge in [0.25, 0.3) is 0 Å². The minimum absolute atomic E-state index is 0.0281. The van der Waals surface area contributed by atoms with Crippen molar-refractivity contribution in [3.05, 3.63) is 52.2 Å². The molecule has 0 saturated carbocycles. The van der Waals surface area contributed by atoms with Crippen LogP contribution in [0.5, 0.6) is 5.75 Å². The maximum absolute atomic E-state index is 12.0. The third-order valence-electron chi connectivity index (χ3n) is 5.34. The van der Waals surface area contributed by atoms with Gasteiger partial charge in [0.2, 0.25) is 0 Å². The lowest BCUT2D eigenvalue weighted by Crippen LogP contribution is -2.16. The van der Waals surface area contributed by atoms with Gasteiger partial charge in [0.15, 0.2) is 0 Å². The Kier molecular flexibility index (Phi) is 11.5. The SMILES string of the molecule is CCCCCCC(CCCCCc1ccc(OCc2cccs2)cc1)C(=O)OC. The topological polar surface area (TPSA) is 35.5 Å². The number of carbonyl (C=O) groups is 1. The summed E-state index contributed by atoms with van der Waals surface area (Å²) in [5.41, 5.74) is 1.34. The highest BCUT2D eigenvalue weighted by atomic mass is 32.1. The van der Waals surface area contributed by atoms with Crippen molar-refractivity contribution in [2.45, 2.75) is 77.7 Å². The van der Waals surface area contributed by atoms with Gasteiger partial charge in [-0.25, -0.2) is 0 Å². The number of esters is 1. The predicted molar refractivity (Wildman–Crippen MR) is 122 cm³/mol. The first-order valence-corrected chi connectivity index (χ1v) is 11.9. The standard InChI is InChI=1S/C25H36O3S/c1-3-4-5-8-12-22(25(26)27-2)13-9-6-7-11-21-15-17-23(18-16-21)28-20-24-14-10-19-29-24/h10,14-19,22H,3-9,11-13,20H2,1-2H3. The first kappa shape index (κ1) is 23.5. The fraction of sp³-hybridized carbons (Fsp3) is 0.560. The molecule has 29 heavy (non-hydrogen) atoms. The normalized spacial score (nSPS) is 11.9. The molecule has 0 aliphatic carbocycles. The zero-order valence-corrected chi connectivity index (χ0v) is 18.8. The molecule has 0 amide bonds. The quantitative estimate of drug-likeness (QED) is 0.228. The number of ether oxygens (including phenoxy) is 2. The Balaban J connectivity index is 1.62. The summed E-state index contributed by atoms with van der Waals surface area (Å²) in [5.74, 6) is 0.974. The van der Waals surface area contributed by atoms with E-state index in [1.54, 1.807) is 11.3 Å². The minimum Gasteiger partial charge on any atom is -0.488 e. The summed E-state index contributed by atoms with van der Waals surface area (Å²) in [6, 6.07) is 12.6. The fourth-order valence-corrected chi connectivity index (χ4v) is 4.18. The van der Waals surface area contributed by atoms with Gasteiger partial charge in [-0.2, -0.15) is 0 Å². The third kappa shape index (κ3) is 9.49. The van der Waals surface area contributed by atoms with Crippen LogP contribution >= 0.6 is 11.3 Å². The van der Waals surface area contributed by atoms with Gasteiger partial charge in [-0.1, -0.05) is 63.6 Å². The molecule has 0 aliphatic rings. The summed E-state index contributed by atoms with van der Waals surface area (Å²) >= 11 is 1.72. The molecule has 0 saturated heterocycles. The van der Waals surface area contributed by atoms with Gasteiger partial charge < -0.3 is 9.47 Å². The van der Waals surface area contributed by atoms with Crippen LogP contribution in [-0.2, 0) is 22.6 Å². The molecule has 0 fully saturated rings. The van der Waals surface area contributed by atoms with E-state index in [4.69, 9.17) is 9.47 Å². The van der Waals surface area contributed by atoms with Crippen LogP contribution in [0.25, 0.3) is 0 Å². The Morgan fingerprint density at radius 1 is 0.966 bits per heavy atom. The summed E-state index contributed by atoms with van der Waals surface area (Å²) in [6.07, 6.45) is 11.2. The van der Waals surface area contributed by atoms with Crippen molar-refractivity contribution in [2.75, 3.05) is 7.11 Å². The highest BCUT2D eigenvalue weighted by Gasteiger charge is 2.18. The summed E-state index contributed by atoms with van der Waals surface area (Å²) in [4.78, 5) is 13.2. The van der Waals surface area contributed by atoms with Crippen molar-refractivity contribution < 1.29 is 14.3 Å². The van der Waals surface area contributed by atoms with E-state index in [9.17, 15) is 4.79 Å². The van der Waals surface area contributed by atoms with Gasteiger partial charge in [0.1, 0.15) is 12.4 Å². The van der Waals surface area contributed by atoms with E-state index in [0.717, 1.165) is 50.7 Å². The molecule has 0 spiro atoms. The zero-order chi connectivity index (χ0) is 20.7. The van der Waals surface area contributed by atoms with Gasteiger partial charge >= 0.3 is 5.97 Å². The van der Waals surface area contributed by atoms with Gasteiger partial charge in [-0.05, 0) is 54.8 Å². The van der Waals surface area contributed by atoms with E-state index in [0.29, 0.717) is 6.61 Å². The minimum atomic E-state index is -0.0281. The molecule has 0 bridgehead atoms. The van der Waals surface area contributed by atoms with E-state index in [2.05, 4.69) is 42.6 Å². The molecule has 3 nitrogen and oxygen atoms in total. The van der Waals surface area contributed by atoms with Crippen molar-refractivity contribution in [1.29, 1.82) is 0 Å². The molecule has 2 rings (SSSR count). The molecule has 4 heteroatoms. The van der Waals surface area contributed by atoms with Gasteiger partial charge in [0.05, 0.1) is 13.0 Å². The van der Waals surface area contributed by atoms with E-state index in [1.165, 1.54) is 36.8 Å². The number of hydrogen-bond acceptors (Lipinski definition) is 4. The largest absolute Gasteiger partial charge is 0.488 e. The Morgan fingerprint density at radius 2 is 1.69 bits per heavy atom. The highest BCUT2D eigenvalue weighted by Crippen LogP contribution is 2.21. The van der Waals surface area contributed by atoms with Crippen LogP contribution < -0.4 is 4.74 Å². The number of hydrogen-bond donors (Lipinski definition) is 0. The first-order valence-electron chi connectivity index (χ1n) is 11.0. The highest BCUT2D eigenvalue weighted by molar-refractivity contribution is 7.09. The van der Waals surface area contributed by atoms with Gasteiger partial charge in [-0.15, -0.1) is 11.3 Å². The molecular weight excluding hydrogens is 380 g/mol. The molecule has 2 aromatic rings. The van der Waals surface area contributed by atoms with Crippen LogP contribution in [0.15, 0.2) is 41.8 Å². The van der Waals surface area contributed by atoms with Crippen molar-refractivity contribution in [2.24, 2.45) is 5.92 Å². The van der Waals surface area contributed by atoms with Crippen LogP contribution in [0.2, 0.25) is 0 Å². The average molecular weight is 417 g/mol. The number of methoxy groups -OCH3 is 1. The number of rotatable bonds is 15. The monoisotopic (exact) mass is 416 g/mol. The molecule has 1 unspecified atom stereocenters. The lowest BCUT2D eigenvalue weighted by atomic mass is 9.94.